The van der Waals surface area contributed by atoms with E-state index in [0.717, 1.165) is 0 Å². The monoisotopic (exact) mass is 328 g/mol. The van der Waals surface area contributed by atoms with Crippen LogP contribution in [0.15, 0.2) is 0 Å². The molecule has 0 saturated heterocycles. The summed E-state index contributed by atoms with van der Waals surface area (Å²) in [5.41, 5.74) is 0. The van der Waals surface area contributed by atoms with Crippen molar-refractivity contribution in [2.75, 3.05) is 0 Å². The summed E-state index contributed by atoms with van der Waals surface area (Å²) in [7, 11) is 0. The molecule has 0 amide bonds. The Morgan fingerprint density at radius 1 is 0.727 bits per heavy atom. The Morgan fingerprint density at radius 3 is 0.727 bits per heavy atom. The van der Waals surface area contributed by atoms with E-state index in [0.29, 0.717) is 0 Å². The van der Waals surface area contributed by atoms with E-state index in [1.807, 2.05) is 0 Å². The predicted octanol–water partition coefficient (Wildman–Crippen LogP) is -5.19. The summed E-state index contributed by atoms with van der Waals surface area (Å²) in [6, 6.07) is 0. The van der Waals surface area contributed by atoms with Gasteiger partial charge in [-0.3, -0.25) is 0 Å². The van der Waals surface area contributed by atoms with Crippen LogP contribution in [0, 0.1) is 55.3 Å². The van der Waals surface area contributed by atoms with Gasteiger partial charge in [-0.15, -0.1) is 0 Å². The van der Waals surface area contributed by atoms with Crippen molar-refractivity contribution in [3.63, 3.8) is 0 Å². The van der Waals surface area contributed by atoms with Crippen molar-refractivity contribution in [2.45, 2.75) is 0 Å². The minimum Gasteiger partial charge on any atom is -0.412 e. The van der Waals surface area contributed by atoms with Crippen LogP contribution in [0.25, 0.3) is 0 Å². The fraction of sp³-hybridized carbons (Fsp3) is 0. The molecule has 0 fully saturated rings. The molecule has 77 valence electrons. The van der Waals surface area contributed by atoms with E-state index >= 15 is 0 Å². The molecule has 0 rings (SSSR count). The Kier molecular flexibility index (Phi) is 826. The number of hydrogen-bond donors (Lipinski definition) is 0. The van der Waals surface area contributed by atoms with Gasteiger partial charge in [-0.05, 0) is 0 Å². The standard InChI is InChI=1S/Gd.NO3.6H2O/c;2-1(3)4;;;;;;/h;;6*1H2/q+3;-1;;;;;;. The molecule has 11 heteroatoms. The fourth-order valence-corrected chi connectivity index (χ4v) is 0. The molecule has 0 unspecified atom stereocenters. The molecule has 0 aliphatic carbocycles. The van der Waals surface area contributed by atoms with Crippen LogP contribution >= 0.6 is 0 Å². The molecule has 0 saturated carbocycles. The van der Waals surface area contributed by atoms with Gasteiger partial charge in [-0.1, -0.05) is 0 Å². The summed E-state index contributed by atoms with van der Waals surface area (Å²) in [6.07, 6.45) is 0. The maximum Gasteiger partial charge on any atom is 3.00 e. The molecule has 0 atom stereocenters. The first-order valence-corrected chi connectivity index (χ1v) is 0.548. The molecule has 0 heterocycles. The molecule has 0 aliphatic heterocycles. The van der Waals surface area contributed by atoms with Gasteiger partial charge in [0.15, 0.2) is 0 Å². The summed E-state index contributed by atoms with van der Waals surface area (Å²) < 4.78 is 0. The Balaban J connectivity index is -0.00000000214. The third-order valence-electron chi connectivity index (χ3n) is 0. The van der Waals surface area contributed by atoms with Gasteiger partial charge >= 0.3 is 39.9 Å². The zero-order valence-electron chi connectivity index (χ0n) is 5.03. The van der Waals surface area contributed by atoms with Gasteiger partial charge in [-0.2, -0.15) is 0 Å². The third-order valence-corrected chi connectivity index (χ3v) is 0. The summed E-state index contributed by atoms with van der Waals surface area (Å²) >= 11 is 0. The van der Waals surface area contributed by atoms with Crippen LogP contribution in [-0.4, -0.2) is 37.9 Å². The smallest absolute Gasteiger partial charge is 0.412 e. The van der Waals surface area contributed by atoms with Crippen molar-refractivity contribution in [1.82, 2.24) is 0 Å². The predicted molar refractivity (Wildman–Crippen MR) is 32.0 cm³/mol. The summed E-state index contributed by atoms with van der Waals surface area (Å²) in [6.45, 7) is 0. The van der Waals surface area contributed by atoms with Crippen molar-refractivity contribution in [2.24, 2.45) is 0 Å². The molecule has 10 nitrogen and oxygen atoms in total. The second-order valence-corrected chi connectivity index (χ2v) is 0.224. The van der Waals surface area contributed by atoms with Crippen LogP contribution in [0.4, 0.5) is 0 Å². The van der Waals surface area contributed by atoms with Gasteiger partial charge in [-0.25, -0.2) is 0 Å². The van der Waals surface area contributed by atoms with E-state index < -0.39 is 5.09 Å². The van der Waals surface area contributed by atoms with E-state index in [1.54, 1.807) is 0 Å². The maximum atomic E-state index is 8.25. The van der Waals surface area contributed by atoms with Gasteiger partial charge in [0.25, 0.3) is 0 Å². The number of rotatable bonds is 0. The van der Waals surface area contributed by atoms with Gasteiger partial charge in [0, 0.05) is 0 Å². The van der Waals surface area contributed by atoms with Gasteiger partial charge < -0.3 is 48.2 Å². The Hall–Kier alpha value is 0.285. The molecule has 11 heavy (non-hydrogen) atoms. The molecular formula is H12GdNO9+2. The SMILES string of the molecule is O.O.O.O.O.O.O=[N+]([O-])[O-].[Gd+3]. The maximum absolute atomic E-state index is 8.25. The fourth-order valence-electron chi connectivity index (χ4n) is 0. The summed E-state index contributed by atoms with van der Waals surface area (Å²) in [5.74, 6) is 0. The molecule has 0 aromatic rings. The Bertz CT molecular complexity index is 32.5. The first kappa shape index (κ1) is 111. The minimum atomic E-state index is -1.75. The molecule has 0 spiro atoms. The minimum absolute atomic E-state index is 0. The second kappa shape index (κ2) is 82.2. The quantitative estimate of drug-likeness (QED) is 0.312. The molecule has 12 N–H and O–H groups in total. The second-order valence-electron chi connectivity index (χ2n) is 0.224. The van der Waals surface area contributed by atoms with Crippen molar-refractivity contribution in [3.8, 4) is 0 Å². The van der Waals surface area contributed by atoms with Crippen LogP contribution in [0.1, 0.15) is 0 Å². The van der Waals surface area contributed by atoms with Gasteiger partial charge in [0.1, 0.15) is 0 Å². The van der Waals surface area contributed by atoms with Gasteiger partial charge in [0.05, 0.1) is 5.09 Å². The largest absolute Gasteiger partial charge is 3.00 e. The van der Waals surface area contributed by atoms with E-state index in [9.17, 15) is 0 Å². The van der Waals surface area contributed by atoms with E-state index in [2.05, 4.69) is 0 Å². The molecule has 0 bridgehead atoms. The topological polar surface area (TPSA) is 255 Å². The van der Waals surface area contributed by atoms with Crippen molar-refractivity contribution >= 4 is 0 Å². The first-order chi connectivity index (χ1) is 1.73. The third kappa shape index (κ3) is 8710. The summed E-state index contributed by atoms with van der Waals surface area (Å²) in [5, 5.41) is 14.8. The first-order valence-electron chi connectivity index (χ1n) is 0.548. The van der Waals surface area contributed by atoms with E-state index in [-0.39, 0.29) is 72.8 Å². The van der Waals surface area contributed by atoms with Crippen LogP contribution in [0.5, 0.6) is 0 Å². The van der Waals surface area contributed by atoms with Crippen LogP contribution in [0.3, 0.4) is 0 Å². The Labute approximate surface area is 92.8 Å². The molecule has 0 aromatic carbocycles. The van der Waals surface area contributed by atoms with Crippen molar-refractivity contribution in [1.29, 1.82) is 0 Å². The van der Waals surface area contributed by atoms with Gasteiger partial charge in [0.2, 0.25) is 0 Å². The van der Waals surface area contributed by atoms with Crippen molar-refractivity contribution in [3.05, 3.63) is 15.3 Å². The Morgan fingerprint density at radius 2 is 0.727 bits per heavy atom. The van der Waals surface area contributed by atoms with Crippen molar-refractivity contribution < 1.29 is 77.9 Å². The average molecular weight is 327 g/mol. The normalized spacial score (nSPS) is 2.18. The number of nitrogens with zero attached hydrogens (tertiary/aromatic N) is 1. The molecule has 0 aromatic heterocycles. The van der Waals surface area contributed by atoms with E-state index in [4.69, 9.17) is 15.3 Å². The van der Waals surface area contributed by atoms with Crippen LogP contribution in [0.2, 0.25) is 0 Å². The van der Waals surface area contributed by atoms with Crippen LogP contribution < -0.4 is 0 Å². The summed E-state index contributed by atoms with van der Waals surface area (Å²) in [4.78, 5) is 8.25. The molecular weight excluding hydrogens is 315 g/mol. The van der Waals surface area contributed by atoms with E-state index in [1.165, 1.54) is 0 Å². The zero-order valence-corrected chi connectivity index (χ0v) is 7.29. The zero-order chi connectivity index (χ0) is 3.58. The number of hydrogen-bond acceptors (Lipinski definition) is 3. The van der Waals surface area contributed by atoms with Crippen LogP contribution in [-0.2, 0) is 0 Å². The molecule has 1 radical (unpaired) electrons. The average Bonchev–Trinajstić information content (AvgIpc) is 0.811. The molecule has 0 aliphatic rings.